The smallest absolute Gasteiger partial charge is 0.124 e. The monoisotopic (exact) mass is 513 g/mol. The summed E-state index contributed by atoms with van der Waals surface area (Å²) in [5.41, 5.74) is 5.51. The fourth-order valence-electron chi connectivity index (χ4n) is 4.94. The lowest BCUT2D eigenvalue weighted by atomic mass is 9.74. The van der Waals surface area contributed by atoms with Crippen LogP contribution in [0.2, 0.25) is 0 Å². The largest absolute Gasteiger partial charge is 0.507 e. The molecule has 36 heavy (non-hydrogen) atoms. The quantitative estimate of drug-likeness (QED) is 0.357. The Labute approximate surface area is 226 Å². The number of para-hydroxylation sites is 1. The minimum atomic E-state index is 0.281. The van der Waals surface area contributed by atoms with Gasteiger partial charge < -0.3 is 5.11 Å². The molecule has 1 unspecified atom stereocenters. The second-order valence-electron chi connectivity index (χ2n) is 9.55. The number of hydrogen-bond acceptors (Lipinski definition) is 5. The highest BCUT2D eigenvalue weighted by Crippen LogP contribution is 2.41. The van der Waals surface area contributed by atoms with Gasteiger partial charge in [-0.3, -0.25) is 14.9 Å². The Balaban J connectivity index is 0.00000154. The SMILES string of the molecule is CC.CC.CCC(CSC)N1CCC(C)(CC2=CC(c3ccccc3O)=N/C(=C(\C)C=NC)C2)CC1. The first-order valence-electron chi connectivity index (χ1n) is 13.8. The maximum absolute atomic E-state index is 10.4. The van der Waals surface area contributed by atoms with Crippen LogP contribution in [0.4, 0.5) is 0 Å². The van der Waals surface area contributed by atoms with Crippen LogP contribution in [0.1, 0.15) is 86.1 Å². The number of phenolic OH excluding ortho intramolecular Hbond substituents is 1. The third-order valence-corrected chi connectivity index (χ3v) is 7.67. The van der Waals surface area contributed by atoms with Crippen LogP contribution in [0.3, 0.4) is 0 Å². The summed E-state index contributed by atoms with van der Waals surface area (Å²) in [5, 5.41) is 10.4. The van der Waals surface area contributed by atoms with Crippen LogP contribution in [-0.2, 0) is 0 Å². The molecule has 2 aliphatic rings. The van der Waals surface area contributed by atoms with E-state index in [1.807, 2.05) is 63.9 Å². The number of benzene rings is 1. The lowest BCUT2D eigenvalue weighted by Gasteiger charge is -2.43. The zero-order valence-electron chi connectivity index (χ0n) is 24.4. The van der Waals surface area contributed by atoms with Gasteiger partial charge in [0.05, 0.1) is 5.71 Å². The van der Waals surface area contributed by atoms with Crippen molar-refractivity contribution in [2.75, 3.05) is 32.1 Å². The van der Waals surface area contributed by atoms with E-state index in [-0.39, 0.29) is 5.75 Å². The fraction of sp³-hybridized carbons (Fsp3) is 0.613. The predicted octanol–water partition coefficient (Wildman–Crippen LogP) is 8.17. The Morgan fingerprint density at radius 3 is 2.39 bits per heavy atom. The number of nitrogens with zero attached hydrogens (tertiary/aromatic N) is 3. The summed E-state index contributed by atoms with van der Waals surface area (Å²) in [6.07, 6.45) is 11.9. The van der Waals surface area contributed by atoms with Crippen molar-refractivity contribution in [3.63, 3.8) is 0 Å². The molecule has 0 amide bonds. The molecule has 1 N–H and O–H groups in total. The molecule has 4 nitrogen and oxygen atoms in total. The summed E-state index contributed by atoms with van der Waals surface area (Å²) in [4.78, 5) is 11.8. The molecule has 3 rings (SSSR count). The highest BCUT2D eigenvalue weighted by atomic mass is 32.2. The molecule has 1 aromatic rings. The average Bonchev–Trinajstić information content (AvgIpc) is 2.90. The van der Waals surface area contributed by atoms with Crippen molar-refractivity contribution < 1.29 is 5.11 Å². The lowest BCUT2D eigenvalue weighted by Crippen LogP contribution is -2.45. The van der Waals surface area contributed by atoms with Crippen molar-refractivity contribution in [3.8, 4) is 5.75 Å². The Bertz CT molecular complexity index is 908. The average molecular weight is 514 g/mol. The third kappa shape index (κ3) is 9.23. The maximum Gasteiger partial charge on any atom is 0.124 e. The number of dihydropyridines is 1. The molecular weight excluding hydrogens is 462 g/mol. The standard InChI is InChI=1S/C27H39N3OS.2C2H6/c1-6-22(19-32-5)30-13-11-27(3,12-14-30)17-21-15-24(20(2)18-28-4)29-25(16-21)23-9-7-8-10-26(23)31;2*1-2/h7-10,16,18,22,31H,6,11-15,17,19H2,1-5H3;2*1-2H3/b24-20+,28-18?;;. The second-order valence-corrected chi connectivity index (χ2v) is 10.5. The molecular formula is C31H51N3OS. The summed E-state index contributed by atoms with van der Waals surface area (Å²) in [7, 11) is 1.80. The van der Waals surface area contributed by atoms with Crippen LogP contribution in [0.25, 0.3) is 0 Å². The molecule has 0 aliphatic carbocycles. The predicted molar refractivity (Wildman–Crippen MR) is 163 cm³/mol. The summed E-state index contributed by atoms with van der Waals surface area (Å²) in [6, 6.07) is 8.20. The molecule has 0 saturated carbocycles. The number of aliphatic imine (C=N–C) groups is 2. The van der Waals surface area contributed by atoms with E-state index in [1.165, 1.54) is 43.7 Å². The molecule has 5 heteroatoms. The zero-order valence-corrected chi connectivity index (χ0v) is 25.2. The first-order valence-corrected chi connectivity index (χ1v) is 15.2. The first kappa shape index (κ1) is 32.2. The van der Waals surface area contributed by atoms with Crippen molar-refractivity contribution in [1.82, 2.24) is 4.90 Å². The summed E-state index contributed by atoms with van der Waals surface area (Å²) >= 11 is 1.96. The Morgan fingerprint density at radius 1 is 1.19 bits per heavy atom. The van der Waals surface area contributed by atoms with Crippen LogP contribution >= 0.6 is 11.8 Å². The molecule has 0 bridgehead atoms. The van der Waals surface area contributed by atoms with Crippen molar-refractivity contribution in [3.05, 3.63) is 52.7 Å². The van der Waals surface area contributed by atoms with E-state index in [9.17, 15) is 5.11 Å². The van der Waals surface area contributed by atoms with E-state index in [0.717, 1.165) is 35.4 Å². The maximum atomic E-state index is 10.4. The van der Waals surface area contributed by atoms with Gasteiger partial charge in [0.1, 0.15) is 5.75 Å². The third-order valence-electron chi connectivity index (χ3n) is 6.95. The van der Waals surface area contributed by atoms with Crippen LogP contribution < -0.4 is 0 Å². The van der Waals surface area contributed by atoms with Crippen LogP contribution in [0.15, 0.2) is 57.2 Å². The molecule has 1 saturated heterocycles. The van der Waals surface area contributed by atoms with Crippen LogP contribution in [-0.4, -0.2) is 60.1 Å². The number of allylic oxidation sites excluding steroid dienone is 3. The summed E-state index contributed by atoms with van der Waals surface area (Å²) in [5.74, 6) is 1.51. The minimum absolute atomic E-state index is 0.281. The van der Waals surface area contributed by atoms with Crippen molar-refractivity contribution in [2.24, 2.45) is 15.4 Å². The summed E-state index contributed by atoms with van der Waals surface area (Å²) < 4.78 is 0. The molecule has 1 atom stereocenters. The van der Waals surface area contributed by atoms with E-state index >= 15 is 0 Å². The van der Waals surface area contributed by atoms with Crippen molar-refractivity contribution >= 4 is 23.7 Å². The molecule has 0 spiro atoms. The Morgan fingerprint density at radius 2 is 1.83 bits per heavy atom. The van der Waals surface area contributed by atoms with E-state index < -0.39 is 0 Å². The molecule has 1 aromatic carbocycles. The van der Waals surface area contributed by atoms with E-state index in [2.05, 4.69) is 43.0 Å². The topological polar surface area (TPSA) is 48.2 Å². The van der Waals surface area contributed by atoms with Gasteiger partial charge in [-0.15, -0.1) is 0 Å². The lowest BCUT2D eigenvalue weighted by molar-refractivity contribution is 0.0889. The number of aromatic hydroxyl groups is 1. The molecule has 0 radical (unpaired) electrons. The van der Waals surface area contributed by atoms with Gasteiger partial charge in [0.15, 0.2) is 0 Å². The van der Waals surface area contributed by atoms with Gasteiger partial charge in [-0.25, -0.2) is 0 Å². The van der Waals surface area contributed by atoms with E-state index in [0.29, 0.717) is 11.5 Å². The van der Waals surface area contributed by atoms with Crippen LogP contribution in [0, 0.1) is 5.41 Å². The van der Waals surface area contributed by atoms with E-state index in [1.54, 1.807) is 13.1 Å². The highest BCUT2D eigenvalue weighted by molar-refractivity contribution is 7.98. The van der Waals surface area contributed by atoms with Gasteiger partial charge in [0.2, 0.25) is 0 Å². The van der Waals surface area contributed by atoms with Gasteiger partial charge in [0.25, 0.3) is 0 Å². The van der Waals surface area contributed by atoms with Gasteiger partial charge in [-0.1, -0.05) is 59.2 Å². The number of thioether (sulfide) groups is 1. The number of piperidine rings is 1. The molecule has 1 fully saturated rings. The summed E-state index contributed by atoms with van der Waals surface area (Å²) in [6.45, 7) is 17.2. The van der Waals surface area contributed by atoms with Gasteiger partial charge >= 0.3 is 0 Å². The molecule has 2 heterocycles. The van der Waals surface area contributed by atoms with Crippen molar-refractivity contribution in [2.45, 2.75) is 86.6 Å². The van der Waals surface area contributed by atoms with Crippen molar-refractivity contribution in [1.29, 1.82) is 0 Å². The fourth-order valence-corrected chi connectivity index (χ4v) is 5.77. The molecule has 2 aliphatic heterocycles. The van der Waals surface area contributed by atoms with Gasteiger partial charge in [0, 0.05) is 42.7 Å². The number of phenols is 1. The first-order chi connectivity index (χ1) is 17.4. The number of rotatable bonds is 8. The number of likely N-dealkylation sites (tertiary alicyclic amines) is 1. The highest BCUT2D eigenvalue weighted by Gasteiger charge is 2.33. The Kier molecular flexibility index (Phi) is 15.0. The van der Waals surface area contributed by atoms with Gasteiger partial charge in [-0.2, -0.15) is 11.8 Å². The van der Waals surface area contributed by atoms with Gasteiger partial charge in [-0.05, 0) is 81.1 Å². The Hall–Kier alpha value is -1.85. The van der Waals surface area contributed by atoms with E-state index in [4.69, 9.17) is 4.99 Å². The second kappa shape index (κ2) is 16.8. The molecule has 0 aromatic heterocycles. The normalized spacial score (nSPS) is 19.8. The minimum Gasteiger partial charge on any atom is -0.507 e. The zero-order chi connectivity index (χ0) is 27.1. The molecule has 202 valence electrons. The number of hydrogen-bond donors (Lipinski definition) is 1. The van der Waals surface area contributed by atoms with Crippen LogP contribution in [0.5, 0.6) is 5.75 Å².